The van der Waals surface area contributed by atoms with Crippen LogP contribution in [0.2, 0.25) is 0 Å². The minimum atomic E-state index is -3.61. The molecule has 1 fully saturated rings. The summed E-state index contributed by atoms with van der Waals surface area (Å²) in [4.78, 5) is 7.45. The van der Waals surface area contributed by atoms with Gasteiger partial charge in [0.15, 0.2) is 0 Å². The van der Waals surface area contributed by atoms with Crippen LogP contribution in [-0.4, -0.2) is 26.5 Å². The van der Waals surface area contributed by atoms with E-state index in [1.54, 1.807) is 18.3 Å². The summed E-state index contributed by atoms with van der Waals surface area (Å²) in [5.41, 5.74) is 2.49. The summed E-state index contributed by atoms with van der Waals surface area (Å²) in [5, 5.41) is 0. The van der Waals surface area contributed by atoms with Crippen molar-refractivity contribution in [3.05, 3.63) is 60.8 Å². The summed E-state index contributed by atoms with van der Waals surface area (Å²) in [6, 6.07) is 16.6. The molecule has 2 aromatic heterocycles. The highest BCUT2D eigenvalue weighted by atomic mass is 32.2. The van der Waals surface area contributed by atoms with Crippen LogP contribution in [0.1, 0.15) is 19.3 Å². The van der Waals surface area contributed by atoms with Gasteiger partial charge in [0.05, 0.1) is 10.6 Å². The number of anilines is 2. The normalized spacial score (nSPS) is 14.9. The number of thiophene rings is 1. The zero-order valence-electron chi connectivity index (χ0n) is 14.8. The molecule has 27 heavy (non-hydrogen) atoms. The van der Waals surface area contributed by atoms with E-state index in [1.807, 2.05) is 42.5 Å². The maximum atomic E-state index is 12.7. The lowest BCUT2D eigenvalue weighted by Gasteiger charge is -2.28. The van der Waals surface area contributed by atoms with Crippen LogP contribution in [0.4, 0.5) is 11.4 Å². The second-order valence-electron chi connectivity index (χ2n) is 6.53. The van der Waals surface area contributed by atoms with E-state index in [0.717, 1.165) is 29.3 Å². The van der Waals surface area contributed by atoms with Crippen molar-refractivity contribution in [1.29, 1.82) is 0 Å². The molecule has 3 heterocycles. The van der Waals surface area contributed by atoms with Crippen LogP contribution in [0.5, 0.6) is 0 Å². The van der Waals surface area contributed by atoms with Crippen LogP contribution in [-0.2, 0) is 10.0 Å². The molecule has 3 aromatic rings. The molecule has 0 radical (unpaired) electrons. The van der Waals surface area contributed by atoms with Gasteiger partial charge in [0, 0.05) is 30.7 Å². The fourth-order valence-corrected chi connectivity index (χ4v) is 5.55. The molecule has 4 rings (SSSR count). The molecule has 5 nitrogen and oxygen atoms in total. The Balaban J connectivity index is 1.49. The lowest BCUT2D eigenvalue weighted by molar-refractivity contribution is 0.578. The van der Waals surface area contributed by atoms with Gasteiger partial charge in [0.1, 0.15) is 4.21 Å². The summed E-state index contributed by atoms with van der Waals surface area (Å²) in [5.74, 6) is 0. The molecule has 1 N–H and O–H groups in total. The Hall–Kier alpha value is -2.38. The van der Waals surface area contributed by atoms with Gasteiger partial charge < -0.3 is 4.90 Å². The van der Waals surface area contributed by atoms with Crippen molar-refractivity contribution in [2.45, 2.75) is 23.5 Å². The van der Waals surface area contributed by atoms with E-state index >= 15 is 0 Å². The first kappa shape index (κ1) is 18.0. The number of rotatable bonds is 5. The van der Waals surface area contributed by atoms with Gasteiger partial charge in [-0.05, 0) is 67.8 Å². The topological polar surface area (TPSA) is 62.3 Å². The molecule has 140 valence electrons. The third-order valence-corrected chi connectivity index (χ3v) is 7.59. The highest BCUT2D eigenvalue weighted by Crippen LogP contribution is 2.31. The highest BCUT2D eigenvalue weighted by molar-refractivity contribution is 7.94. The third-order valence-electron chi connectivity index (χ3n) is 4.60. The Labute approximate surface area is 163 Å². The summed E-state index contributed by atoms with van der Waals surface area (Å²) >= 11 is 1.22. The van der Waals surface area contributed by atoms with Crippen molar-refractivity contribution >= 4 is 32.7 Å². The van der Waals surface area contributed by atoms with Crippen molar-refractivity contribution in [2.24, 2.45) is 0 Å². The standard InChI is InChI=1S/C20H21N3O2S2/c24-27(25,20-12-11-19(26-20)18-6-2-3-13-21-18)22-16-7-9-17(10-8-16)23-14-4-1-5-15-23/h2-3,6-13,22H,1,4-5,14-15H2. The maximum absolute atomic E-state index is 12.7. The molecule has 0 spiro atoms. The first-order valence-corrected chi connectivity index (χ1v) is 11.3. The number of pyridine rings is 1. The van der Waals surface area contributed by atoms with Gasteiger partial charge >= 0.3 is 0 Å². The Morgan fingerprint density at radius 3 is 2.41 bits per heavy atom. The molecular formula is C20H21N3O2S2. The van der Waals surface area contributed by atoms with Crippen molar-refractivity contribution in [3.8, 4) is 10.6 Å². The number of aromatic nitrogens is 1. The number of benzene rings is 1. The van der Waals surface area contributed by atoms with E-state index in [0.29, 0.717) is 5.69 Å². The molecule has 0 bridgehead atoms. The molecule has 1 saturated heterocycles. The minimum absolute atomic E-state index is 0.281. The van der Waals surface area contributed by atoms with Crippen molar-refractivity contribution in [3.63, 3.8) is 0 Å². The fourth-order valence-electron chi connectivity index (χ4n) is 3.21. The summed E-state index contributed by atoms with van der Waals surface area (Å²) < 4.78 is 28.4. The molecule has 1 aliphatic rings. The van der Waals surface area contributed by atoms with Gasteiger partial charge in [-0.3, -0.25) is 9.71 Å². The molecular weight excluding hydrogens is 378 g/mol. The first-order valence-electron chi connectivity index (χ1n) is 9.01. The molecule has 7 heteroatoms. The highest BCUT2D eigenvalue weighted by Gasteiger charge is 2.18. The van der Waals surface area contributed by atoms with Gasteiger partial charge in [-0.25, -0.2) is 8.42 Å². The Morgan fingerprint density at radius 2 is 1.70 bits per heavy atom. The molecule has 0 atom stereocenters. The monoisotopic (exact) mass is 399 g/mol. The molecule has 1 aromatic carbocycles. The number of hydrogen-bond acceptors (Lipinski definition) is 5. The predicted octanol–water partition coefficient (Wildman–Crippen LogP) is 4.60. The average molecular weight is 400 g/mol. The minimum Gasteiger partial charge on any atom is -0.372 e. The summed E-state index contributed by atoms with van der Waals surface area (Å²) in [6.45, 7) is 2.13. The molecule has 0 amide bonds. The number of hydrogen-bond donors (Lipinski definition) is 1. The van der Waals surface area contributed by atoms with Crippen molar-refractivity contribution in [1.82, 2.24) is 4.98 Å². The number of nitrogens with zero attached hydrogens (tertiary/aromatic N) is 2. The first-order chi connectivity index (χ1) is 13.1. The molecule has 0 saturated carbocycles. The number of piperidine rings is 1. The van der Waals surface area contributed by atoms with Crippen molar-refractivity contribution in [2.75, 3.05) is 22.7 Å². The zero-order valence-corrected chi connectivity index (χ0v) is 16.5. The van der Waals surface area contributed by atoms with Gasteiger partial charge in [0.25, 0.3) is 10.0 Å². The van der Waals surface area contributed by atoms with Crippen LogP contribution in [0, 0.1) is 0 Å². The number of nitrogens with one attached hydrogen (secondary N) is 1. The van der Waals surface area contributed by atoms with Crippen molar-refractivity contribution < 1.29 is 8.42 Å². The lowest BCUT2D eigenvalue weighted by Crippen LogP contribution is -2.29. The molecule has 0 unspecified atom stereocenters. The lowest BCUT2D eigenvalue weighted by atomic mass is 10.1. The average Bonchev–Trinajstić information content (AvgIpc) is 3.21. The van der Waals surface area contributed by atoms with E-state index in [1.165, 1.54) is 30.6 Å². The second-order valence-corrected chi connectivity index (χ2v) is 9.53. The number of sulfonamides is 1. The van der Waals surface area contributed by atoms with E-state index in [9.17, 15) is 8.42 Å². The van der Waals surface area contributed by atoms with E-state index in [2.05, 4.69) is 14.6 Å². The second kappa shape index (κ2) is 7.70. The molecule has 0 aliphatic carbocycles. The Bertz CT molecular complexity index is 993. The van der Waals surface area contributed by atoms with E-state index in [-0.39, 0.29) is 4.21 Å². The Morgan fingerprint density at radius 1 is 0.926 bits per heavy atom. The van der Waals surface area contributed by atoms with Crippen LogP contribution in [0.25, 0.3) is 10.6 Å². The van der Waals surface area contributed by atoms with Crippen LogP contribution >= 0.6 is 11.3 Å². The van der Waals surface area contributed by atoms with Crippen LogP contribution < -0.4 is 9.62 Å². The molecule has 1 aliphatic heterocycles. The SMILES string of the molecule is O=S(=O)(Nc1ccc(N2CCCCC2)cc1)c1ccc(-c2ccccn2)s1. The Kier molecular flexibility index (Phi) is 5.13. The smallest absolute Gasteiger partial charge is 0.271 e. The van der Waals surface area contributed by atoms with E-state index in [4.69, 9.17) is 0 Å². The maximum Gasteiger partial charge on any atom is 0.271 e. The largest absolute Gasteiger partial charge is 0.372 e. The van der Waals surface area contributed by atoms with Gasteiger partial charge in [-0.2, -0.15) is 0 Å². The predicted molar refractivity (Wildman–Crippen MR) is 111 cm³/mol. The summed E-state index contributed by atoms with van der Waals surface area (Å²) in [7, 11) is -3.61. The third kappa shape index (κ3) is 4.14. The summed E-state index contributed by atoms with van der Waals surface area (Å²) in [6.07, 6.45) is 5.41. The van der Waals surface area contributed by atoms with E-state index < -0.39 is 10.0 Å². The fraction of sp³-hybridized carbons (Fsp3) is 0.250. The van der Waals surface area contributed by atoms with Gasteiger partial charge in [0.2, 0.25) is 0 Å². The quantitative estimate of drug-likeness (QED) is 0.681. The van der Waals surface area contributed by atoms with Crippen LogP contribution in [0.15, 0.2) is 65.0 Å². The van der Waals surface area contributed by atoms with Gasteiger partial charge in [-0.1, -0.05) is 6.07 Å². The zero-order chi connectivity index (χ0) is 18.7. The van der Waals surface area contributed by atoms with Gasteiger partial charge in [-0.15, -0.1) is 11.3 Å². The van der Waals surface area contributed by atoms with Crippen LogP contribution in [0.3, 0.4) is 0 Å².